The Morgan fingerprint density at radius 2 is 2.20 bits per heavy atom. The highest BCUT2D eigenvalue weighted by atomic mass is 32.1. The molecule has 106 valence electrons. The van der Waals surface area contributed by atoms with Crippen LogP contribution in [0.2, 0.25) is 0 Å². The summed E-state index contributed by atoms with van der Waals surface area (Å²) in [4.78, 5) is 16.9. The van der Waals surface area contributed by atoms with E-state index in [4.69, 9.17) is 4.74 Å². The summed E-state index contributed by atoms with van der Waals surface area (Å²) in [5.41, 5.74) is 2.82. The van der Waals surface area contributed by atoms with E-state index in [2.05, 4.69) is 35.4 Å². The van der Waals surface area contributed by atoms with Crippen LogP contribution in [-0.4, -0.2) is 17.6 Å². The van der Waals surface area contributed by atoms with E-state index in [0.717, 1.165) is 10.0 Å². The van der Waals surface area contributed by atoms with Gasteiger partial charge in [-0.25, -0.2) is 9.78 Å². The van der Waals surface area contributed by atoms with E-state index in [1.165, 1.54) is 22.5 Å². The molecule has 0 aliphatic rings. The largest absolute Gasteiger partial charge is 0.461 e. The number of aryl methyl sites for hydroxylation is 2. The van der Waals surface area contributed by atoms with Crippen molar-refractivity contribution >= 4 is 22.4 Å². The lowest BCUT2D eigenvalue weighted by Gasteiger charge is -2.03. The molecule has 20 heavy (non-hydrogen) atoms. The quantitative estimate of drug-likeness (QED) is 0.856. The van der Waals surface area contributed by atoms with Crippen LogP contribution in [0.5, 0.6) is 0 Å². The Bertz CT molecular complexity index is 608. The summed E-state index contributed by atoms with van der Waals surface area (Å²) in [7, 11) is 0. The van der Waals surface area contributed by atoms with E-state index in [-0.39, 0.29) is 5.97 Å². The summed E-state index contributed by atoms with van der Waals surface area (Å²) in [6.07, 6.45) is 0. The Morgan fingerprint density at radius 1 is 1.40 bits per heavy atom. The van der Waals surface area contributed by atoms with Crippen molar-refractivity contribution in [2.45, 2.75) is 27.3 Å². The summed E-state index contributed by atoms with van der Waals surface area (Å²) >= 11 is 1.47. The van der Waals surface area contributed by atoms with Crippen molar-refractivity contribution < 1.29 is 9.53 Å². The highest BCUT2D eigenvalue weighted by Gasteiger charge is 2.16. The smallest absolute Gasteiger partial charge is 0.358 e. The van der Waals surface area contributed by atoms with Crippen molar-refractivity contribution in [3.05, 3.63) is 46.0 Å². The molecule has 0 bridgehead atoms. The Kier molecular flexibility index (Phi) is 4.74. The number of carbonyl (C=O) groups is 1. The second-order valence-electron chi connectivity index (χ2n) is 4.49. The van der Waals surface area contributed by atoms with Gasteiger partial charge in [-0.1, -0.05) is 29.8 Å². The molecule has 0 saturated heterocycles. The third kappa shape index (κ3) is 3.57. The first kappa shape index (κ1) is 14.5. The number of aromatic nitrogens is 1. The van der Waals surface area contributed by atoms with Gasteiger partial charge in [0.15, 0.2) is 10.8 Å². The fourth-order valence-electron chi connectivity index (χ4n) is 1.86. The van der Waals surface area contributed by atoms with Crippen LogP contribution in [0.4, 0.5) is 5.13 Å². The molecular weight excluding hydrogens is 272 g/mol. The van der Waals surface area contributed by atoms with Crippen molar-refractivity contribution in [1.29, 1.82) is 0 Å². The first-order valence-electron chi connectivity index (χ1n) is 6.54. The molecule has 5 heteroatoms. The van der Waals surface area contributed by atoms with Crippen molar-refractivity contribution in [2.75, 3.05) is 11.9 Å². The van der Waals surface area contributed by atoms with Crippen LogP contribution in [-0.2, 0) is 11.3 Å². The van der Waals surface area contributed by atoms with Crippen LogP contribution in [0.1, 0.15) is 33.4 Å². The van der Waals surface area contributed by atoms with E-state index in [1.807, 2.05) is 13.0 Å². The van der Waals surface area contributed by atoms with Gasteiger partial charge < -0.3 is 10.1 Å². The summed E-state index contributed by atoms with van der Waals surface area (Å²) in [6, 6.07) is 8.28. The maximum atomic E-state index is 11.7. The molecule has 0 radical (unpaired) electrons. The molecular formula is C15H18N2O2S. The number of nitrogens with one attached hydrogen (secondary N) is 1. The highest BCUT2D eigenvalue weighted by molar-refractivity contribution is 7.15. The topological polar surface area (TPSA) is 51.2 Å². The number of carbonyl (C=O) groups excluding carboxylic acids is 1. The minimum absolute atomic E-state index is 0.357. The molecule has 1 N–H and O–H groups in total. The summed E-state index contributed by atoms with van der Waals surface area (Å²) in [6.45, 7) is 6.78. The van der Waals surface area contributed by atoms with Crippen molar-refractivity contribution in [1.82, 2.24) is 4.98 Å². The van der Waals surface area contributed by atoms with Crippen LogP contribution in [0.3, 0.4) is 0 Å². The Morgan fingerprint density at radius 3 is 2.90 bits per heavy atom. The SMILES string of the molecule is CCOC(=O)c1nc(NCc2cccc(C)c2)sc1C. The number of esters is 1. The van der Waals surface area contributed by atoms with Gasteiger partial charge in [0.1, 0.15) is 0 Å². The zero-order valence-corrected chi connectivity index (χ0v) is 12.7. The zero-order chi connectivity index (χ0) is 14.5. The molecule has 1 aromatic heterocycles. The average molecular weight is 290 g/mol. The predicted molar refractivity (Wildman–Crippen MR) is 81.3 cm³/mol. The molecule has 0 saturated carbocycles. The maximum Gasteiger partial charge on any atom is 0.358 e. The van der Waals surface area contributed by atoms with E-state index < -0.39 is 0 Å². The lowest BCUT2D eigenvalue weighted by atomic mass is 10.1. The van der Waals surface area contributed by atoms with Gasteiger partial charge in [-0.2, -0.15) is 0 Å². The second-order valence-corrected chi connectivity index (χ2v) is 5.69. The van der Waals surface area contributed by atoms with Crippen molar-refractivity contribution in [3.63, 3.8) is 0 Å². The molecule has 4 nitrogen and oxygen atoms in total. The zero-order valence-electron chi connectivity index (χ0n) is 11.9. The van der Waals surface area contributed by atoms with E-state index in [0.29, 0.717) is 18.8 Å². The third-order valence-electron chi connectivity index (χ3n) is 2.79. The summed E-state index contributed by atoms with van der Waals surface area (Å²) in [5, 5.41) is 3.99. The molecule has 2 rings (SSSR count). The van der Waals surface area contributed by atoms with Gasteiger partial charge in [0, 0.05) is 11.4 Å². The molecule has 1 aromatic carbocycles. The monoisotopic (exact) mass is 290 g/mol. The van der Waals surface area contributed by atoms with Gasteiger partial charge in [0.25, 0.3) is 0 Å². The standard InChI is InChI=1S/C15H18N2O2S/c1-4-19-14(18)13-11(3)20-15(17-13)16-9-12-7-5-6-10(2)8-12/h5-8H,4,9H2,1-3H3,(H,16,17). The van der Waals surface area contributed by atoms with Gasteiger partial charge in [0.05, 0.1) is 6.61 Å². The number of hydrogen-bond donors (Lipinski definition) is 1. The Hall–Kier alpha value is -1.88. The minimum Gasteiger partial charge on any atom is -0.461 e. The Balaban J connectivity index is 2.04. The molecule has 0 aliphatic carbocycles. The fourth-order valence-corrected chi connectivity index (χ4v) is 2.66. The molecule has 0 atom stereocenters. The lowest BCUT2D eigenvalue weighted by Crippen LogP contribution is -2.07. The van der Waals surface area contributed by atoms with Crippen LogP contribution in [0.15, 0.2) is 24.3 Å². The molecule has 0 spiro atoms. The number of thiazole rings is 1. The molecule has 0 aliphatic heterocycles. The van der Waals surface area contributed by atoms with Crippen molar-refractivity contribution in [2.24, 2.45) is 0 Å². The third-order valence-corrected chi connectivity index (χ3v) is 3.72. The van der Waals surface area contributed by atoms with Crippen molar-refractivity contribution in [3.8, 4) is 0 Å². The van der Waals surface area contributed by atoms with Gasteiger partial charge in [0.2, 0.25) is 0 Å². The number of nitrogens with zero attached hydrogens (tertiary/aromatic N) is 1. The van der Waals surface area contributed by atoms with Gasteiger partial charge >= 0.3 is 5.97 Å². The van der Waals surface area contributed by atoms with Crippen LogP contribution in [0, 0.1) is 13.8 Å². The normalized spacial score (nSPS) is 10.3. The summed E-state index contributed by atoms with van der Waals surface area (Å²) < 4.78 is 4.98. The Labute approximate surface area is 122 Å². The number of rotatable bonds is 5. The molecule has 2 aromatic rings. The molecule has 0 unspecified atom stereocenters. The van der Waals surface area contributed by atoms with Crippen LogP contribution >= 0.6 is 11.3 Å². The number of benzene rings is 1. The number of ether oxygens (including phenoxy) is 1. The van der Waals surface area contributed by atoms with Gasteiger partial charge in [-0.3, -0.25) is 0 Å². The minimum atomic E-state index is -0.357. The predicted octanol–water partition coefficient (Wildman–Crippen LogP) is 3.55. The van der Waals surface area contributed by atoms with Crippen LogP contribution in [0.25, 0.3) is 0 Å². The van der Waals surface area contributed by atoms with Gasteiger partial charge in [-0.05, 0) is 26.3 Å². The molecule has 0 amide bonds. The van der Waals surface area contributed by atoms with Gasteiger partial charge in [-0.15, -0.1) is 11.3 Å². The summed E-state index contributed by atoms with van der Waals surface area (Å²) in [5.74, 6) is -0.357. The average Bonchev–Trinajstić information content (AvgIpc) is 2.78. The first-order chi connectivity index (χ1) is 9.60. The van der Waals surface area contributed by atoms with E-state index in [9.17, 15) is 4.79 Å². The molecule has 0 fully saturated rings. The number of hydrogen-bond acceptors (Lipinski definition) is 5. The highest BCUT2D eigenvalue weighted by Crippen LogP contribution is 2.23. The number of anilines is 1. The second kappa shape index (κ2) is 6.52. The van der Waals surface area contributed by atoms with Crippen LogP contribution < -0.4 is 5.32 Å². The van der Waals surface area contributed by atoms with E-state index in [1.54, 1.807) is 6.92 Å². The first-order valence-corrected chi connectivity index (χ1v) is 7.35. The van der Waals surface area contributed by atoms with E-state index >= 15 is 0 Å². The lowest BCUT2D eigenvalue weighted by molar-refractivity contribution is 0.0519. The molecule has 1 heterocycles. The maximum absolute atomic E-state index is 11.7. The fraction of sp³-hybridized carbons (Fsp3) is 0.333.